The average Bonchev–Trinajstić information content (AvgIpc) is 2.35. The smallest absolute Gasteiger partial charge is 0.336 e. The number of anilines is 1. The van der Waals surface area contributed by atoms with Gasteiger partial charge in [0.15, 0.2) is 0 Å². The van der Waals surface area contributed by atoms with Crippen molar-refractivity contribution in [3.05, 3.63) is 40.2 Å². The Hall–Kier alpha value is -2.43. The Morgan fingerprint density at radius 1 is 1.37 bits per heavy atom. The highest BCUT2D eigenvalue weighted by Gasteiger charge is 2.06. The zero-order valence-electron chi connectivity index (χ0n) is 10.4. The Morgan fingerprint density at radius 3 is 2.89 bits per heavy atom. The molecule has 1 amide bonds. The van der Waals surface area contributed by atoms with E-state index in [-0.39, 0.29) is 18.7 Å². The highest BCUT2D eigenvalue weighted by molar-refractivity contribution is 5.94. The molecule has 0 saturated heterocycles. The summed E-state index contributed by atoms with van der Waals surface area (Å²) in [4.78, 5) is 32.9. The third-order valence-electron chi connectivity index (χ3n) is 2.72. The van der Waals surface area contributed by atoms with Crippen molar-refractivity contribution in [2.75, 3.05) is 5.32 Å². The molecule has 0 aliphatic rings. The molecular weight excluding hydrogens is 246 g/mol. The summed E-state index contributed by atoms with van der Waals surface area (Å²) < 4.78 is 5.08. The van der Waals surface area contributed by atoms with Crippen LogP contribution in [0.25, 0.3) is 11.0 Å². The maximum atomic E-state index is 11.5. The lowest BCUT2D eigenvalue weighted by Crippen LogP contribution is -2.11. The van der Waals surface area contributed by atoms with Crippen molar-refractivity contribution in [1.29, 1.82) is 0 Å². The van der Waals surface area contributed by atoms with Gasteiger partial charge in [0.2, 0.25) is 5.91 Å². The molecule has 1 aromatic carbocycles. The lowest BCUT2D eigenvalue weighted by atomic mass is 10.1. The largest absolute Gasteiger partial charge is 0.423 e. The second-order valence-corrected chi connectivity index (χ2v) is 4.21. The summed E-state index contributed by atoms with van der Waals surface area (Å²) in [7, 11) is 0. The molecule has 2 rings (SSSR count). The molecule has 5 heteroatoms. The van der Waals surface area contributed by atoms with Crippen LogP contribution in [0.3, 0.4) is 0 Å². The van der Waals surface area contributed by atoms with E-state index in [1.807, 2.05) is 6.92 Å². The van der Waals surface area contributed by atoms with Gasteiger partial charge in [-0.05, 0) is 24.6 Å². The topological polar surface area (TPSA) is 76.4 Å². The van der Waals surface area contributed by atoms with Gasteiger partial charge in [0.1, 0.15) is 11.9 Å². The average molecular weight is 259 g/mol. The lowest BCUT2D eigenvalue weighted by molar-refractivity contribution is -0.118. The molecule has 0 unspecified atom stereocenters. The molecule has 19 heavy (non-hydrogen) atoms. The number of amides is 1. The van der Waals surface area contributed by atoms with Crippen molar-refractivity contribution < 1.29 is 14.0 Å². The van der Waals surface area contributed by atoms with Crippen molar-refractivity contribution >= 4 is 28.8 Å². The minimum Gasteiger partial charge on any atom is -0.423 e. The van der Waals surface area contributed by atoms with E-state index in [9.17, 15) is 14.4 Å². The highest BCUT2D eigenvalue weighted by Crippen LogP contribution is 2.20. The molecule has 5 nitrogen and oxygen atoms in total. The van der Waals surface area contributed by atoms with Gasteiger partial charge in [-0.15, -0.1) is 0 Å². The number of carbonyl (C=O) groups is 2. The summed E-state index contributed by atoms with van der Waals surface area (Å²) in [5, 5.41) is 3.47. The molecular formula is C14H13NO4. The van der Waals surface area contributed by atoms with Gasteiger partial charge in [0.25, 0.3) is 0 Å². The van der Waals surface area contributed by atoms with Gasteiger partial charge in [-0.2, -0.15) is 0 Å². The normalized spacial score (nSPS) is 10.4. The quantitative estimate of drug-likeness (QED) is 0.673. The van der Waals surface area contributed by atoms with E-state index < -0.39 is 5.63 Å². The molecule has 1 aromatic heterocycles. The van der Waals surface area contributed by atoms with E-state index in [0.717, 1.165) is 10.9 Å². The van der Waals surface area contributed by atoms with Crippen LogP contribution in [-0.4, -0.2) is 12.2 Å². The van der Waals surface area contributed by atoms with Crippen molar-refractivity contribution in [2.45, 2.75) is 19.8 Å². The minimum atomic E-state index is -0.422. The van der Waals surface area contributed by atoms with Crippen LogP contribution in [0.2, 0.25) is 0 Å². The molecule has 1 N–H and O–H groups in total. The molecule has 0 spiro atoms. The van der Waals surface area contributed by atoms with Crippen molar-refractivity contribution in [1.82, 2.24) is 0 Å². The fourth-order valence-electron chi connectivity index (χ4n) is 1.82. The number of fused-ring (bicyclic) bond motifs is 1. The van der Waals surface area contributed by atoms with Crippen LogP contribution in [0, 0.1) is 6.92 Å². The highest BCUT2D eigenvalue weighted by atomic mass is 16.4. The van der Waals surface area contributed by atoms with Crippen LogP contribution in [0.5, 0.6) is 0 Å². The number of nitrogens with one attached hydrogen (secondary N) is 1. The predicted octanol–water partition coefficient (Wildman–Crippen LogP) is 2.02. The zero-order valence-corrected chi connectivity index (χ0v) is 10.4. The SMILES string of the molecule is Cc1cc(=O)oc2cc(NC(=O)CCC=O)ccc12. The Kier molecular flexibility index (Phi) is 3.75. The number of rotatable bonds is 4. The number of aldehydes is 1. The zero-order chi connectivity index (χ0) is 13.8. The fraction of sp³-hybridized carbons (Fsp3) is 0.214. The molecule has 0 aliphatic heterocycles. The number of hydrogen-bond donors (Lipinski definition) is 1. The van der Waals surface area contributed by atoms with E-state index in [0.29, 0.717) is 17.6 Å². The van der Waals surface area contributed by atoms with Crippen molar-refractivity contribution in [3.8, 4) is 0 Å². The van der Waals surface area contributed by atoms with Gasteiger partial charge in [-0.1, -0.05) is 0 Å². The number of hydrogen-bond acceptors (Lipinski definition) is 4. The Bertz CT molecular complexity index is 687. The molecule has 1 heterocycles. The van der Waals surface area contributed by atoms with Crippen LogP contribution >= 0.6 is 0 Å². The van der Waals surface area contributed by atoms with E-state index >= 15 is 0 Å². The van der Waals surface area contributed by atoms with E-state index in [1.54, 1.807) is 18.2 Å². The third kappa shape index (κ3) is 3.07. The van der Waals surface area contributed by atoms with Gasteiger partial charge in [-0.3, -0.25) is 4.79 Å². The summed E-state index contributed by atoms with van der Waals surface area (Å²) in [6, 6.07) is 6.53. The number of carbonyl (C=O) groups excluding carboxylic acids is 2. The number of benzene rings is 1. The molecule has 0 radical (unpaired) electrons. The van der Waals surface area contributed by atoms with E-state index in [2.05, 4.69) is 5.32 Å². The second kappa shape index (κ2) is 5.48. The third-order valence-corrected chi connectivity index (χ3v) is 2.72. The minimum absolute atomic E-state index is 0.138. The first-order valence-electron chi connectivity index (χ1n) is 5.88. The predicted molar refractivity (Wildman–Crippen MR) is 71.1 cm³/mol. The maximum Gasteiger partial charge on any atom is 0.336 e. The lowest BCUT2D eigenvalue weighted by Gasteiger charge is -2.06. The molecule has 0 fully saturated rings. The summed E-state index contributed by atoms with van der Waals surface area (Å²) in [6.45, 7) is 1.82. The summed E-state index contributed by atoms with van der Waals surface area (Å²) in [5.41, 5.74) is 1.37. The van der Waals surface area contributed by atoms with Gasteiger partial charge in [0.05, 0.1) is 0 Å². The monoisotopic (exact) mass is 259 g/mol. The van der Waals surface area contributed by atoms with Crippen LogP contribution in [0.1, 0.15) is 18.4 Å². The van der Waals surface area contributed by atoms with E-state index in [1.165, 1.54) is 6.07 Å². The standard InChI is InChI=1S/C14H13NO4/c1-9-7-14(18)19-12-8-10(4-5-11(9)12)15-13(17)3-2-6-16/h4-8H,2-3H2,1H3,(H,15,17). The Balaban J connectivity index is 2.29. The summed E-state index contributed by atoms with van der Waals surface area (Å²) >= 11 is 0. The van der Waals surface area contributed by atoms with Gasteiger partial charge >= 0.3 is 5.63 Å². The molecule has 0 aliphatic carbocycles. The first kappa shape index (κ1) is 13.0. The molecule has 98 valence electrons. The van der Waals surface area contributed by atoms with Crippen molar-refractivity contribution in [2.24, 2.45) is 0 Å². The summed E-state index contributed by atoms with van der Waals surface area (Å²) in [5.74, 6) is -0.249. The van der Waals surface area contributed by atoms with Crippen LogP contribution in [0.15, 0.2) is 33.5 Å². The van der Waals surface area contributed by atoms with Crippen LogP contribution < -0.4 is 10.9 Å². The molecule has 2 aromatic rings. The van der Waals surface area contributed by atoms with E-state index in [4.69, 9.17) is 4.42 Å². The molecule has 0 saturated carbocycles. The molecule has 0 atom stereocenters. The van der Waals surface area contributed by atoms with Crippen LogP contribution in [-0.2, 0) is 9.59 Å². The second-order valence-electron chi connectivity index (χ2n) is 4.21. The Morgan fingerprint density at radius 2 is 2.16 bits per heavy atom. The van der Waals surface area contributed by atoms with Gasteiger partial charge in [-0.25, -0.2) is 4.79 Å². The van der Waals surface area contributed by atoms with Crippen molar-refractivity contribution in [3.63, 3.8) is 0 Å². The first-order chi connectivity index (χ1) is 9.10. The Labute approximate surface area is 109 Å². The van der Waals surface area contributed by atoms with Gasteiger partial charge < -0.3 is 14.5 Å². The van der Waals surface area contributed by atoms with Crippen LogP contribution in [0.4, 0.5) is 5.69 Å². The molecule has 0 bridgehead atoms. The maximum absolute atomic E-state index is 11.5. The first-order valence-corrected chi connectivity index (χ1v) is 5.88. The van der Waals surface area contributed by atoms with Gasteiger partial charge in [0, 0.05) is 36.0 Å². The fourth-order valence-corrected chi connectivity index (χ4v) is 1.82. The number of aryl methyl sites for hydroxylation is 1. The summed E-state index contributed by atoms with van der Waals surface area (Å²) in [6.07, 6.45) is 1.02.